The molecular formula is C23H36N2O4. The summed E-state index contributed by atoms with van der Waals surface area (Å²) < 4.78 is 10.7. The second-order valence-electron chi connectivity index (χ2n) is 8.40. The first-order valence-electron chi connectivity index (χ1n) is 11.1. The van der Waals surface area contributed by atoms with E-state index in [4.69, 9.17) is 9.47 Å². The van der Waals surface area contributed by atoms with Crippen LogP contribution in [0.5, 0.6) is 5.75 Å². The van der Waals surface area contributed by atoms with Crippen molar-refractivity contribution in [3.8, 4) is 5.75 Å². The van der Waals surface area contributed by atoms with E-state index in [2.05, 4.69) is 21.9 Å². The molecule has 1 aromatic carbocycles. The Kier molecular flexibility index (Phi) is 8.77. The molecule has 0 spiro atoms. The van der Waals surface area contributed by atoms with Crippen LogP contribution in [0.4, 0.5) is 0 Å². The fraction of sp³-hybridized carbons (Fsp3) is 0.696. The lowest BCUT2D eigenvalue weighted by molar-refractivity contribution is -0.147. The van der Waals surface area contributed by atoms with Gasteiger partial charge in [0.25, 0.3) is 0 Å². The third-order valence-corrected chi connectivity index (χ3v) is 6.04. The molecule has 2 aliphatic rings. The van der Waals surface area contributed by atoms with E-state index in [9.17, 15) is 9.90 Å². The zero-order valence-corrected chi connectivity index (χ0v) is 17.7. The van der Waals surface area contributed by atoms with Crippen LogP contribution in [0.1, 0.15) is 44.1 Å². The maximum Gasteiger partial charge on any atom is 0.308 e. The maximum absolute atomic E-state index is 11.6. The number of esters is 1. The molecule has 0 amide bonds. The molecule has 2 saturated heterocycles. The van der Waals surface area contributed by atoms with Crippen LogP contribution < -0.4 is 4.74 Å². The largest absolute Gasteiger partial charge is 0.491 e. The Bertz CT molecular complexity index is 623. The third kappa shape index (κ3) is 7.28. The van der Waals surface area contributed by atoms with Gasteiger partial charge < -0.3 is 19.5 Å². The van der Waals surface area contributed by atoms with E-state index in [-0.39, 0.29) is 18.5 Å². The lowest BCUT2D eigenvalue weighted by Gasteiger charge is -2.31. The number of rotatable bonds is 8. The molecule has 6 nitrogen and oxygen atoms in total. The third-order valence-electron chi connectivity index (χ3n) is 6.04. The molecule has 1 atom stereocenters. The Morgan fingerprint density at radius 1 is 1.10 bits per heavy atom. The molecule has 0 aromatic heterocycles. The van der Waals surface area contributed by atoms with Crippen molar-refractivity contribution in [2.45, 2.75) is 51.2 Å². The van der Waals surface area contributed by atoms with Gasteiger partial charge in [0.2, 0.25) is 0 Å². The highest BCUT2D eigenvalue weighted by Crippen LogP contribution is 2.20. The SMILES string of the molecule is COC(=O)C1CCN(CC(O)COc2cccc(CN3CCCCCC3)c2)CC1. The lowest BCUT2D eigenvalue weighted by Crippen LogP contribution is -2.42. The van der Waals surface area contributed by atoms with Gasteiger partial charge in [0.1, 0.15) is 18.5 Å². The minimum Gasteiger partial charge on any atom is -0.491 e. The van der Waals surface area contributed by atoms with Gasteiger partial charge in [-0.25, -0.2) is 0 Å². The smallest absolute Gasteiger partial charge is 0.308 e. The topological polar surface area (TPSA) is 62.2 Å². The predicted molar refractivity (Wildman–Crippen MR) is 113 cm³/mol. The first kappa shape index (κ1) is 22.1. The number of aliphatic hydroxyl groups is 1. The van der Waals surface area contributed by atoms with Crippen LogP contribution in [0.15, 0.2) is 24.3 Å². The van der Waals surface area contributed by atoms with Crippen LogP contribution in [-0.2, 0) is 16.1 Å². The van der Waals surface area contributed by atoms with Crippen molar-refractivity contribution < 1.29 is 19.4 Å². The van der Waals surface area contributed by atoms with Gasteiger partial charge in [-0.1, -0.05) is 25.0 Å². The zero-order valence-electron chi connectivity index (χ0n) is 17.7. The highest BCUT2D eigenvalue weighted by molar-refractivity contribution is 5.72. The quantitative estimate of drug-likeness (QED) is 0.672. The highest BCUT2D eigenvalue weighted by Gasteiger charge is 2.26. The molecule has 0 aliphatic carbocycles. The monoisotopic (exact) mass is 404 g/mol. The van der Waals surface area contributed by atoms with E-state index in [0.717, 1.165) is 38.2 Å². The van der Waals surface area contributed by atoms with Crippen molar-refractivity contribution >= 4 is 5.97 Å². The molecule has 2 heterocycles. The minimum absolute atomic E-state index is 0.00316. The van der Waals surface area contributed by atoms with Crippen LogP contribution in [-0.4, -0.2) is 73.4 Å². The second kappa shape index (κ2) is 11.5. The first-order chi connectivity index (χ1) is 14.1. The summed E-state index contributed by atoms with van der Waals surface area (Å²) in [6, 6.07) is 8.24. The molecule has 6 heteroatoms. The number of hydrogen-bond donors (Lipinski definition) is 1. The van der Waals surface area contributed by atoms with Crippen molar-refractivity contribution in [2.75, 3.05) is 46.4 Å². The van der Waals surface area contributed by atoms with Gasteiger partial charge in [-0.2, -0.15) is 0 Å². The molecule has 1 aromatic rings. The average Bonchev–Trinajstić information content (AvgIpc) is 3.01. The summed E-state index contributed by atoms with van der Waals surface area (Å²) in [5, 5.41) is 10.4. The number of carbonyl (C=O) groups excluding carboxylic acids is 1. The standard InChI is InChI=1S/C23H36N2O4/c1-28-23(27)20-9-13-25(14-10-20)17-21(26)18-29-22-8-6-7-19(15-22)16-24-11-4-2-3-5-12-24/h6-8,15,20-21,26H,2-5,9-14,16-18H2,1H3. The van der Waals surface area contributed by atoms with Crippen LogP contribution in [0.25, 0.3) is 0 Å². The van der Waals surface area contributed by atoms with Crippen molar-refractivity contribution in [3.63, 3.8) is 0 Å². The second-order valence-corrected chi connectivity index (χ2v) is 8.40. The van der Waals surface area contributed by atoms with Crippen LogP contribution in [0.3, 0.4) is 0 Å². The molecule has 3 rings (SSSR count). The molecular weight excluding hydrogens is 368 g/mol. The molecule has 162 valence electrons. The van der Waals surface area contributed by atoms with E-state index in [0.29, 0.717) is 6.54 Å². The van der Waals surface area contributed by atoms with Crippen molar-refractivity contribution in [2.24, 2.45) is 5.92 Å². The van der Waals surface area contributed by atoms with Crippen molar-refractivity contribution in [1.82, 2.24) is 9.80 Å². The number of nitrogens with zero attached hydrogens (tertiary/aromatic N) is 2. The molecule has 0 saturated carbocycles. The summed E-state index contributed by atoms with van der Waals surface area (Å²) in [7, 11) is 1.44. The van der Waals surface area contributed by atoms with Crippen LogP contribution in [0.2, 0.25) is 0 Å². The van der Waals surface area contributed by atoms with E-state index in [1.165, 1.54) is 51.4 Å². The number of ether oxygens (including phenoxy) is 2. The Balaban J connectivity index is 1.40. The van der Waals surface area contributed by atoms with Gasteiger partial charge >= 0.3 is 5.97 Å². The maximum atomic E-state index is 11.6. The number of methoxy groups -OCH3 is 1. The summed E-state index contributed by atoms with van der Waals surface area (Å²) in [6.45, 7) is 5.79. The summed E-state index contributed by atoms with van der Waals surface area (Å²) in [4.78, 5) is 16.3. The highest BCUT2D eigenvalue weighted by atomic mass is 16.5. The molecule has 1 unspecified atom stereocenters. The van der Waals surface area contributed by atoms with E-state index < -0.39 is 6.10 Å². The normalized spacial score (nSPS) is 20.8. The lowest BCUT2D eigenvalue weighted by atomic mass is 9.97. The fourth-order valence-corrected chi connectivity index (χ4v) is 4.35. The van der Waals surface area contributed by atoms with Gasteiger partial charge in [0, 0.05) is 13.1 Å². The number of benzene rings is 1. The summed E-state index contributed by atoms with van der Waals surface area (Å²) in [6.07, 6.45) is 6.31. The average molecular weight is 405 g/mol. The summed E-state index contributed by atoms with van der Waals surface area (Å²) >= 11 is 0. The van der Waals surface area contributed by atoms with Gasteiger partial charge in [0.05, 0.1) is 13.0 Å². The Labute approximate surface area is 174 Å². The number of aliphatic hydroxyl groups excluding tert-OH is 1. The predicted octanol–water partition coefficient (Wildman–Crippen LogP) is 2.69. The molecule has 2 aliphatic heterocycles. The van der Waals surface area contributed by atoms with E-state index in [1.54, 1.807) is 0 Å². The van der Waals surface area contributed by atoms with Gasteiger partial charge in [0.15, 0.2) is 0 Å². The van der Waals surface area contributed by atoms with Gasteiger partial charge in [-0.05, 0) is 69.6 Å². The number of piperidine rings is 1. The number of β-amino-alcohol motifs (C(OH)–C–C–N with tert-alkyl or cyclic N) is 1. The van der Waals surface area contributed by atoms with Gasteiger partial charge in [-0.15, -0.1) is 0 Å². The molecule has 2 fully saturated rings. The van der Waals surface area contributed by atoms with Crippen LogP contribution >= 0.6 is 0 Å². The fourth-order valence-electron chi connectivity index (χ4n) is 4.35. The Morgan fingerprint density at radius 2 is 1.83 bits per heavy atom. The molecule has 0 bridgehead atoms. The molecule has 29 heavy (non-hydrogen) atoms. The van der Waals surface area contributed by atoms with Crippen molar-refractivity contribution in [3.05, 3.63) is 29.8 Å². The Morgan fingerprint density at radius 3 is 2.52 bits per heavy atom. The van der Waals surface area contributed by atoms with E-state index >= 15 is 0 Å². The minimum atomic E-state index is -0.543. The summed E-state index contributed by atoms with van der Waals surface area (Å²) in [5.41, 5.74) is 1.27. The first-order valence-corrected chi connectivity index (χ1v) is 11.1. The Hall–Kier alpha value is -1.63. The number of carbonyl (C=O) groups is 1. The van der Waals surface area contributed by atoms with Gasteiger partial charge in [-0.3, -0.25) is 9.69 Å². The zero-order chi connectivity index (χ0) is 20.5. The molecule has 1 N–H and O–H groups in total. The molecule has 0 radical (unpaired) electrons. The number of hydrogen-bond acceptors (Lipinski definition) is 6. The van der Waals surface area contributed by atoms with Crippen molar-refractivity contribution in [1.29, 1.82) is 0 Å². The van der Waals surface area contributed by atoms with E-state index in [1.807, 2.05) is 12.1 Å². The van der Waals surface area contributed by atoms with Crippen LogP contribution in [0, 0.1) is 5.92 Å². The summed E-state index contributed by atoms with van der Waals surface area (Å²) in [5.74, 6) is 0.700. The number of likely N-dealkylation sites (tertiary alicyclic amines) is 2.